The van der Waals surface area contributed by atoms with E-state index in [1.54, 1.807) is 7.05 Å². The van der Waals surface area contributed by atoms with Crippen LogP contribution in [-0.2, 0) is 0 Å². The molecule has 27 heavy (non-hydrogen) atoms. The zero-order valence-electron chi connectivity index (χ0n) is 15.7. The van der Waals surface area contributed by atoms with Gasteiger partial charge < -0.3 is 10.6 Å². The molecular weight excluding hydrogens is 342 g/mol. The van der Waals surface area contributed by atoms with Crippen LogP contribution in [0.25, 0.3) is 11.0 Å². The fourth-order valence-corrected chi connectivity index (χ4v) is 3.57. The van der Waals surface area contributed by atoms with Gasteiger partial charge in [-0.05, 0) is 49.6 Å². The molecule has 2 aromatic carbocycles. The molecule has 4 rings (SSSR count). The average molecular weight is 363 g/mol. The number of hydrogen-bond donors (Lipinski definition) is 2. The number of hydrogen-bond acceptors (Lipinski definition) is 5. The largest absolute Gasteiger partial charge is 0.369 e. The first-order valence-corrected chi connectivity index (χ1v) is 8.79. The lowest BCUT2D eigenvalue weighted by atomic mass is 10.00. The number of aromatic nitrogens is 2. The summed E-state index contributed by atoms with van der Waals surface area (Å²) in [4.78, 5) is 16.4. The second kappa shape index (κ2) is 6.12. The second-order valence-corrected chi connectivity index (χ2v) is 6.94. The Morgan fingerprint density at radius 3 is 2.44 bits per heavy atom. The highest BCUT2D eigenvalue weighted by atomic mass is 16.6. The van der Waals surface area contributed by atoms with Crippen LogP contribution in [0.15, 0.2) is 47.9 Å². The topological polar surface area (TPSA) is 85.0 Å². The molecule has 0 amide bonds. The summed E-state index contributed by atoms with van der Waals surface area (Å²) >= 11 is 0. The van der Waals surface area contributed by atoms with Crippen LogP contribution in [0.4, 0.5) is 5.95 Å². The number of benzene rings is 2. The molecule has 2 N–H and O–H groups in total. The molecule has 1 aliphatic rings. The lowest BCUT2D eigenvalue weighted by Gasteiger charge is -2.27. The van der Waals surface area contributed by atoms with E-state index in [-0.39, 0.29) is 10.6 Å². The van der Waals surface area contributed by atoms with Gasteiger partial charge in [0.25, 0.3) is 0 Å². The van der Waals surface area contributed by atoms with Crippen molar-refractivity contribution in [2.45, 2.75) is 26.8 Å². The number of nitrogens with zero attached hydrogens (tertiary/aromatic N) is 3. The van der Waals surface area contributed by atoms with Crippen LogP contribution in [0.3, 0.4) is 0 Å². The second-order valence-electron chi connectivity index (χ2n) is 6.94. The van der Waals surface area contributed by atoms with Gasteiger partial charge in [-0.2, -0.15) is 0 Å². The first kappa shape index (κ1) is 17.1. The van der Waals surface area contributed by atoms with Crippen molar-refractivity contribution in [2.24, 2.45) is 0 Å². The summed E-state index contributed by atoms with van der Waals surface area (Å²) in [5.41, 5.74) is 5.99. The molecule has 0 aliphatic carbocycles. The van der Waals surface area contributed by atoms with Crippen LogP contribution < -0.4 is 10.6 Å². The molecule has 0 spiro atoms. The normalized spacial score (nSPS) is 16.2. The van der Waals surface area contributed by atoms with Crippen molar-refractivity contribution in [1.82, 2.24) is 14.9 Å². The van der Waals surface area contributed by atoms with Gasteiger partial charge >= 0.3 is 5.70 Å². The number of imidazole rings is 1. The van der Waals surface area contributed by atoms with E-state index in [1.807, 2.05) is 61.7 Å². The molecule has 1 atom stereocenters. The average Bonchev–Trinajstić information content (AvgIpc) is 2.98. The van der Waals surface area contributed by atoms with Crippen molar-refractivity contribution in [3.05, 3.63) is 80.3 Å². The molecule has 0 saturated heterocycles. The molecule has 0 radical (unpaired) electrons. The fraction of sp³-hybridized carbons (Fsp3) is 0.250. The van der Waals surface area contributed by atoms with Gasteiger partial charge in [0.05, 0.1) is 16.0 Å². The third-order valence-corrected chi connectivity index (χ3v) is 5.15. The van der Waals surface area contributed by atoms with Crippen LogP contribution in [0, 0.1) is 30.9 Å². The van der Waals surface area contributed by atoms with Gasteiger partial charge in [-0.3, -0.25) is 14.7 Å². The summed E-state index contributed by atoms with van der Waals surface area (Å²) in [6.07, 6.45) is 0. The Morgan fingerprint density at radius 1 is 1.15 bits per heavy atom. The van der Waals surface area contributed by atoms with Gasteiger partial charge in [-0.25, -0.2) is 4.98 Å². The number of nitro groups is 1. The van der Waals surface area contributed by atoms with Crippen molar-refractivity contribution >= 4 is 17.0 Å². The molecule has 138 valence electrons. The van der Waals surface area contributed by atoms with Crippen molar-refractivity contribution in [3.8, 4) is 0 Å². The third-order valence-electron chi connectivity index (χ3n) is 5.15. The summed E-state index contributed by atoms with van der Waals surface area (Å²) in [6.45, 7) is 6.08. The zero-order valence-corrected chi connectivity index (χ0v) is 15.7. The molecule has 2 heterocycles. The van der Waals surface area contributed by atoms with Gasteiger partial charge in [0, 0.05) is 7.05 Å². The predicted octanol–water partition coefficient (Wildman–Crippen LogP) is 3.64. The minimum atomic E-state index is -0.577. The van der Waals surface area contributed by atoms with Crippen molar-refractivity contribution in [1.29, 1.82) is 0 Å². The Labute approximate surface area is 156 Å². The number of aryl methyl sites for hydroxylation is 3. The van der Waals surface area contributed by atoms with E-state index in [1.165, 1.54) is 0 Å². The fourth-order valence-electron chi connectivity index (χ4n) is 3.57. The van der Waals surface area contributed by atoms with Gasteiger partial charge in [-0.1, -0.05) is 29.8 Å². The van der Waals surface area contributed by atoms with Crippen molar-refractivity contribution < 1.29 is 4.92 Å². The molecule has 7 nitrogen and oxygen atoms in total. The smallest absolute Gasteiger partial charge is 0.313 e. The standard InChI is InChI=1S/C20H21N5O2/c1-11-5-7-14(8-6-11)17-18(25(26)27)19(21-4)23-20-22-15-9-12(2)13(3)10-16(15)24(17)20/h5-10,17,21H,1-4H3,(H,22,23). The van der Waals surface area contributed by atoms with E-state index in [4.69, 9.17) is 4.98 Å². The molecule has 7 heteroatoms. The maximum absolute atomic E-state index is 12.0. The van der Waals surface area contributed by atoms with Gasteiger partial charge in [0.2, 0.25) is 5.95 Å². The van der Waals surface area contributed by atoms with Crippen LogP contribution in [0.2, 0.25) is 0 Å². The van der Waals surface area contributed by atoms with E-state index < -0.39 is 6.04 Å². The summed E-state index contributed by atoms with van der Waals surface area (Å²) in [5, 5.41) is 18.0. The summed E-state index contributed by atoms with van der Waals surface area (Å²) in [5.74, 6) is 0.956. The highest BCUT2D eigenvalue weighted by Crippen LogP contribution is 2.39. The Bertz CT molecular complexity index is 1100. The van der Waals surface area contributed by atoms with E-state index in [2.05, 4.69) is 10.6 Å². The molecule has 1 unspecified atom stereocenters. The highest BCUT2D eigenvalue weighted by Gasteiger charge is 2.39. The molecule has 1 aliphatic heterocycles. The van der Waals surface area contributed by atoms with Gasteiger partial charge in [0.15, 0.2) is 11.9 Å². The molecule has 3 aromatic rings. The monoisotopic (exact) mass is 363 g/mol. The highest BCUT2D eigenvalue weighted by molar-refractivity contribution is 5.82. The van der Waals surface area contributed by atoms with E-state index >= 15 is 0 Å². The SMILES string of the molecule is CNC1=C([N+](=O)[O-])C(c2ccc(C)cc2)n2c(nc3cc(C)c(C)cc32)N1. The minimum absolute atomic E-state index is 0.0754. The Hall–Kier alpha value is -3.35. The van der Waals surface area contributed by atoms with Crippen LogP contribution in [0.1, 0.15) is 28.3 Å². The van der Waals surface area contributed by atoms with Crippen molar-refractivity contribution in [3.63, 3.8) is 0 Å². The van der Waals surface area contributed by atoms with Gasteiger partial charge in [0.1, 0.15) is 0 Å². The Balaban J connectivity index is 2.05. The van der Waals surface area contributed by atoms with E-state index in [0.29, 0.717) is 11.8 Å². The number of allylic oxidation sites excluding steroid dienone is 1. The molecule has 0 saturated carbocycles. The van der Waals surface area contributed by atoms with Gasteiger partial charge in [-0.15, -0.1) is 0 Å². The molecule has 1 aromatic heterocycles. The minimum Gasteiger partial charge on any atom is -0.369 e. The lowest BCUT2D eigenvalue weighted by Crippen LogP contribution is -2.33. The first-order chi connectivity index (χ1) is 12.9. The summed E-state index contributed by atoms with van der Waals surface area (Å²) in [6, 6.07) is 11.3. The van der Waals surface area contributed by atoms with E-state index in [0.717, 1.165) is 33.3 Å². The lowest BCUT2D eigenvalue weighted by molar-refractivity contribution is -0.432. The zero-order chi connectivity index (χ0) is 19.3. The van der Waals surface area contributed by atoms with Crippen LogP contribution >= 0.6 is 0 Å². The van der Waals surface area contributed by atoms with Crippen molar-refractivity contribution in [2.75, 3.05) is 12.4 Å². The quantitative estimate of drug-likeness (QED) is 0.548. The first-order valence-electron chi connectivity index (χ1n) is 8.79. The third kappa shape index (κ3) is 2.63. The predicted molar refractivity (Wildman–Crippen MR) is 105 cm³/mol. The molecule has 0 fully saturated rings. The molecular formula is C20H21N5O2. The maximum Gasteiger partial charge on any atom is 0.313 e. The van der Waals surface area contributed by atoms with Crippen LogP contribution in [-0.4, -0.2) is 21.5 Å². The van der Waals surface area contributed by atoms with Crippen LogP contribution in [0.5, 0.6) is 0 Å². The number of anilines is 1. The maximum atomic E-state index is 12.0. The summed E-state index contributed by atoms with van der Waals surface area (Å²) in [7, 11) is 1.67. The number of nitrogens with one attached hydrogen (secondary N) is 2. The summed E-state index contributed by atoms with van der Waals surface area (Å²) < 4.78 is 1.92. The molecule has 0 bridgehead atoms. The Kier molecular flexibility index (Phi) is 3.87. The number of fused-ring (bicyclic) bond motifs is 3. The Morgan fingerprint density at radius 2 is 1.81 bits per heavy atom. The van der Waals surface area contributed by atoms with E-state index in [9.17, 15) is 10.1 Å². The number of rotatable bonds is 3.